The summed E-state index contributed by atoms with van der Waals surface area (Å²) in [5, 5.41) is 8.35. The molecule has 218 valence electrons. The number of ether oxygens (including phenoxy) is 1. The van der Waals surface area contributed by atoms with Crippen LogP contribution in [0.15, 0.2) is 36.4 Å². The number of H-pyrrole nitrogens is 1. The van der Waals surface area contributed by atoms with Gasteiger partial charge in [0, 0.05) is 35.2 Å². The Morgan fingerprint density at radius 1 is 1.07 bits per heavy atom. The molecule has 0 atom stereocenters. The van der Waals surface area contributed by atoms with Gasteiger partial charge in [-0.05, 0) is 75.4 Å². The Labute approximate surface area is 244 Å². The summed E-state index contributed by atoms with van der Waals surface area (Å²) in [7, 11) is -2.31. The van der Waals surface area contributed by atoms with Crippen LogP contribution in [0.5, 0.6) is 5.75 Å². The quantitative estimate of drug-likeness (QED) is 0.220. The summed E-state index contributed by atoms with van der Waals surface area (Å²) in [4.78, 5) is 28.8. The maximum Gasteiger partial charge on any atom is 0.281 e. The summed E-state index contributed by atoms with van der Waals surface area (Å²) in [6, 6.07) is 11.2. The van der Waals surface area contributed by atoms with Crippen LogP contribution in [0.3, 0.4) is 0 Å². The molecular formula is C29H34ClN5O5S. The van der Waals surface area contributed by atoms with Gasteiger partial charge in [0.15, 0.2) is 0 Å². The molecule has 41 heavy (non-hydrogen) atoms. The summed E-state index contributed by atoms with van der Waals surface area (Å²) in [5.74, 6) is -0.926. The molecule has 0 aliphatic heterocycles. The van der Waals surface area contributed by atoms with Gasteiger partial charge >= 0.3 is 0 Å². The lowest BCUT2D eigenvalue weighted by molar-refractivity contribution is 0.0953. The molecular weight excluding hydrogens is 566 g/mol. The number of hydrogen-bond donors (Lipinski definition) is 3. The molecule has 2 aromatic heterocycles. The van der Waals surface area contributed by atoms with Gasteiger partial charge in [-0.25, -0.2) is 13.1 Å². The minimum absolute atomic E-state index is 0.171. The smallest absolute Gasteiger partial charge is 0.281 e. The molecule has 0 bridgehead atoms. The number of rotatable bonds is 11. The zero-order chi connectivity index (χ0) is 29.9. The summed E-state index contributed by atoms with van der Waals surface area (Å²) < 4.78 is 35.1. The number of carbonyl (C=O) groups is 2. The van der Waals surface area contributed by atoms with E-state index in [-0.39, 0.29) is 12.2 Å². The van der Waals surface area contributed by atoms with Crippen molar-refractivity contribution in [3.05, 3.63) is 80.8 Å². The molecule has 2 aromatic carbocycles. The van der Waals surface area contributed by atoms with E-state index in [1.807, 2.05) is 50.2 Å². The molecule has 0 aliphatic carbocycles. The molecule has 0 unspecified atom stereocenters. The standard InChI is InChI=1S/C29H34ClN5O5S/c1-17-15-21(16-18(2)26(17)30)40-13-8-10-23-22-9-6-7-11-24(22)32-27(23)29(37)34-41(38,39)14-12-31-28(36)25-19(3)33-35(5)20(25)4/h6-7,9,11,15-16,32H,8,10,12-14H2,1-5H3,(H,31,36)(H,34,37). The predicted octanol–water partition coefficient (Wildman–Crippen LogP) is 4.29. The zero-order valence-corrected chi connectivity index (χ0v) is 25.3. The van der Waals surface area contributed by atoms with E-state index in [0.29, 0.717) is 52.7 Å². The topological polar surface area (TPSA) is 135 Å². The molecule has 0 radical (unpaired) electrons. The number of benzene rings is 2. The molecule has 0 aliphatic rings. The third-order valence-electron chi connectivity index (χ3n) is 6.93. The summed E-state index contributed by atoms with van der Waals surface area (Å²) in [6.07, 6.45) is 1.08. The number of fused-ring (bicyclic) bond motifs is 1. The number of nitrogens with zero attached hydrogens (tertiary/aromatic N) is 2. The molecule has 4 aromatic rings. The lowest BCUT2D eigenvalue weighted by atomic mass is 10.1. The Balaban J connectivity index is 1.40. The maximum atomic E-state index is 13.2. The van der Waals surface area contributed by atoms with Gasteiger partial charge in [-0.2, -0.15) is 5.10 Å². The van der Waals surface area contributed by atoms with Crippen molar-refractivity contribution in [2.24, 2.45) is 7.05 Å². The molecule has 10 nitrogen and oxygen atoms in total. The average molecular weight is 600 g/mol. The SMILES string of the molecule is Cc1cc(OCCCc2c(C(=O)NS(=O)(=O)CCNC(=O)c3c(C)nn(C)c3C)[nH]c3ccccc23)cc(C)c1Cl. The Morgan fingerprint density at radius 3 is 2.41 bits per heavy atom. The highest BCUT2D eigenvalue weighted by atomic mass is 35.5. The van der Waals surface area contributed by atoms with Crippen LogP contribution in [-0.2, 0) is 23.5 Å². The van der Waals surface area contributed by atoms with Crippen LogP contribution in [0.4, 0.5) is 0 Å². The molecule has 4 rings (SSSR count). The fraction of sp³-hybridized carbons (Fsp3) is 0.345. The third kappa shape index (κ3) is 6.91. The van der Waals surface area contributed by atoms with Crippen molar-refractivity contribution in [1.82, 2.24) is 24.8 Å². The summed E-state index contributed by atoms with van der Waals surface area (Å²) in [6.45, 7) is 7.54. The van der Waals surface area contributed by atoms with Gasteiger partial charge in [-0.15, -0.1) is 0 Å². The first-order chi connectivity index (χ1) is 19.4. The van der Waals surface area contributed by atoms with Gasteiger partial charge in [0.05, 0.1) is 23.6 Å². The largest absolute Gasteiger partial charge is 0.494 e. The first kappa shape index (κ1) is 30.1. The number of sulfonamides is 1. The van der Waals surface area contributed by atoms with Crippen LogP contribution in [0, 0.1) is 27.7 Å². The van der Waals surface area contributed by atoms with Crippen LogP contribution in [-0.4, -0.2) is 53.9 Å². The first-order valence-electron chi connectivity index (χ1n) is 13.2. The second kappa shape index (κ2) is 12.4. The van der Waals surface area contributed by atoms with Gasteiger partial charge in [-0.1, -0.05) is 29.8 Å². The van der Waals surface area contributed by atoms with Crippen molar-refractivity contribution in [2.75, 3.05) is 18.9 Å². The molecule has 2 amide bonds. The van der Waals surface area contributed by atoms with E-state index < -0.39 is 27.6 Å². The number of amides is 2. The van der Waals surface area contributed by atoms with Crippen LogP contribution in [0.2, 0.25) is 5.02 Å². The molecule has 12 heteroatoms. The second-order valence-electron chi connectivity index (χ2n) is 10.0. The fourth-order valence-electron chi connectivity index (χ4n) is 4.81. The zero-order valence-electron chi connectivity index (χ0n) is 23.7. The third-order valence-corrected chi connectivity index (χ3v) is 8.77. The number of aromatic nitrogens is 3. The van der Waals surface area contributed by atoms with Crippen molar-refractivity contribution in [3.63, 3.8) is 0 Å². The van der Waals surface area contributed by atoms with Gasteiger partial charge in [-0.3, -0.25) is 14.3 Å². The van der Waals surface area contributed by atoms with E-state index in [1.54, 1.807) is 25.6 Å². The summed E-state index contributed by atoms with van der Waals surface area (Å²) in [5.41, 5.74) is 5.10. The minimum atomic E-state index is -4.04. The average Bonchev–Trinajstić information content (AvgIpc) is 3.40. The summed E-state index contributed by atoms with van der Waals surface area (Å²) >= 11 is 6.24. The van der Waals surface area contributed by atoms with Crippen molar-refractivity contribution < 1.29 is 22.7 Å². The van der Waals surface area contributed by atoms with Gasteiger partial charge in [0.1, 0.15) is 11.4 Å². The number of halogens is 1. The van der Waals surface area contributed by atoms with Crippen molar-refractivity contribution in [3.8, 4) is 5.75 Å². The maximum absolute atomic E-state index is 13.2. The Bertz CT molecular complexity index is 1700. The van der Waals surface area contributed by atoms with Gasteiger partial charge < -0.3 is 15.0 Å². The highest BCUT2D eigenvalue weighted by molar-refractivity contribution is 7.90. The van der Waals surface area contributed by atoms with Crippen LogP contribution < -0.4 is 14.8 Å². The Hall–Kier alpha value is -3.83. The molecule has 0 saturated heterocycles. The molecule has 0 saturated carbocycles. The van der Waals surface area contributed by atoms with Crippen LogP contribution >= 0.6 is 11.6 Å². The van der Waals surface area contributed by atoms with E-state index in [1.165, 1.54) is 0 Å². The van der Waals surface area contributed by atoms with E-state index in [2.05, 4.69) is 20.1 Å². The highest BCUT2D eigenvalue weighted by Crippen LogP contribution is 2.27. The van der Waals surface area contributed by atoms with E-state index >= 15 is 0 Å². The van der Waals surface area contributed by atoms with Crippen molar-refractivity contribution >= 4 is 44.3 Å². The van der Waals surface area contributed by atoms with Gasteiger partial charge in [0.2, 0.25) is 10.0 Å². The molecule has 3 N–H and O–H groups in total. The van der Waals surface area contributed by atoms with Crippen LogP contribution in [0.1, 0.15) is 55.3 Å². The number of nitrogens with one attached hydrogen (secondary N) is 3. The van der Waals surface area contributed by atoms with Crippen molar-refractivity contribution in [2.45, 2.75) is 40.5 Å². The van der Waals surface area contributed by atoms with Gasteiger partial charge in [0.25, 0.3) is 11.8 Å². The minimum Gasteiger partial charge on any atom is -0.494 e. The lowest BCUT2D eigenvalue weighted by Gasteiger charge is -2.11. The highest BCUT2D eigenvalue weighted by Gasteiger charge is 2.23. The monoisotopic (exact) mass is 599 g/mol. The molecule has 0 fully saturated rings. The van der Waals surface area contributed by atoms with E-state index in [9.17, 15) is 18.0 Å². The number of aryl methyl sites for hydroxylation is 5. The molecule has 2 heterocycles. The fourth-order valence-corrected chi connectivity index (χ4v) is 5.78. The number of carbonyl (C=O) groups excluding carboxylic acids is 2. The number of hydrogen-bond acceptors (Lipinski definition) is 6. The number of aromatic amines is 1. The van der Waals surface area contributed by atoms with E-state index in [0.717, 1.165) is 22.0 Å². The predicted molar refractivity (Wildman–Crippen MR) is 159 cm³/mol. The lowest BCUT2D eigenvalue weighted by Crippen LogP contribution is -2.38. The Morgan fingerprint density at radius 2 is 1.76 bits per heavy atom. The van der Waals surface area contributed by atoms with Crippen molar-refractivity contribution in [1.29, 1.82) is 0 Å². The normalized spacial score (nSPS) is 11.6. The first-order valence-corrected chi connectivity index (χ1v) is 15.2. The number of para-hydroxylation sites is 1. The van der Waals surface area contributed by atoms with E-state index in [4.69, 9.17) is 16.3 Å². The molecule has 0 spiro atoms. The Kier molecular flexibility index (Phi) is 9.08. The second-order valence-corrected chi connectivity index (χ2v) is 12.2. The van der Waals surface area contributed by atoms with Crippen LogP contribution in [0.25, 0.3) is 10.9 Å².